The van der Waals surface area contributed by atoms with Crippen molar-refractivity contribution in [1.82, 2.24) is 0 Å². The molecule has 0 atom stereocenters. The molecule has 0 amide bonds. The SMILES string of the molecule is CC(=O)c1ccc([Si]2(C)CCCCC2)o1. The molecule has 0 aliphatic carbocycles. The standard InChI is InChI=1S/C12H18O2Si/c1-10(13)11-6-7-12(14-11)15(2)8-4-3-5-9-15/h6-7H,3-5,8-9H2,1-2H3. The van der Waals surface area contributed by atoms with Crippen LogP contribution in [0.25, 0.3) is 0 Å². The third kappa shape index (κ3) is 2.07. The molecule has 0 saturated carbocycles. The zero-order valence-electron chi connectivity index (χ0n) is 9.51. The molecule has 1 saturated heterocycles. The van der Waals surface area contributed by atoms with Gasteiger partial charge in [0.05, 0.1) is 5.38 Å². The van der Waals surface area contributed by atoms with Crippen molar-refractivity contribution in [2.75, 3.05) is 0 Å². The predicted molar refractivity (Wildman–Crippen MR) is 63.4 cm³/mol. The van der Waals surface area contributed by atoms with Gasteiger partial charge >= 0.3 is 0 Å². The highest BCUT2D eigenvalue weighted by atomic mass is 28.3. The van der Waals surface area contributed by atoms with E-state index in [4.69, 9.17) is 4.42 Å². The van der Waals surface area contributed by atoms with Gasteiger partial charge < -0.3 is 4.42 Å². The first-order chi connectivity index (χ1) is 7.12. The Hall–Kier alpha value is -0.833. The van der Waals surface area contributed by atoms with Crippen LogP contribution >= 0.6 is 0 Å². The maximum Gasteiger partial charge on any atom is 0.194 e. The van der Waals surface area contributed by atoms with Crippen molar-refractivity contribution in [1.29, 1.82) is 0 Å². The Morgan fingerprint density at radius 2 is 1.93 bits per heavy atom. The molecule has 1 aromatic heterocycles. The first-order valence-corrected chi connectivity index (χ1v) is 8.64. The number of furan rings is 1. The Kier molecular flexibility index (Phi) is 2.82. The Morgan fingerprint density at radius 1 is 1.27 bits per heavy atom. The summed E-state index contributed by atoms with van der Waals surface area (Å²) in [7, 11) is -1.36. The third-order valence-electron chi connectivity index (χ3n) is 3.50. The lowest BCUT2D eigenvalue weighted by Crippen LogP contribution is -2.45. The van der Waals surface area contributed by atoms with Gasteiger partial charge in [-0.1, -0.05) is 37.9 Å². The predicted octanol–water partition coefficient (Wildman–Crippen LogP) is 2.95. The summed E-state index contributed by atoms with van der Waals surface area (Å²) < 4.78 is 5.70. The van der Waals surface area contributed by atoms with Crippen molar-refractivity contribution in [3.63, 3.8) is 0 Å². The van der Waals surface area contributed by atoms with Crippen LogP contribution in [0.5, 0.6) is 0 Å². The number of Topliss-reactive ketones (excluding diaryl/α,β-unsaturated/α-hetero) is 1. The highest BCUT2D eigenvalue weighted by Gasteiger charge is 2.34. The number of carbonyl (C=O) groups excluding carboxylic acids is 1. The molecular formula is C12H18O2Si. The van der Waals surface area contributed by atoms with Crippen LogP contribution in [-0.4, -0.2) is 13.9 Å². The quantitative estimate of drug-likeness (QED) is 0.569. The molecule has 0 aromatic carbocycles. The maximum atomic E-state index is 11.2. The van der Waals surface area contributed by atoms with Crippen LogP contribution < -0.4 is 5.38 Å². The van der Waals surface area contributed by atoms with Crippen LogP contribution in [0.2, 0.25) is 18.6 Å². The Labute approximate surface area is 91.7 Å². The molecule has 0 unspecified atom stereocenters. The van der Waals surface area contributed by atoms with Crippen molar-refractivity contribution in [3.8, 4) is 0 Å². The van der Waals surface area contributed by atoms with Gasteiger partial charge in [-0.15, -0.1) is 0 Å². The summed E-state index contributed by atoms with van der Waals surface area (Å²) in [5, 5.41) is 1.13. The van der Waals surface area contributed by atoms with Crippen LogP contribution in [0.1, 0.15) is 36.7 Å². The molecule has 1 aromatic rings. The number of hydrogen-bond donors (Lipinski definition) is 0. The first-order valence-electron chi connectivity index (χ1n) is 5.73. The van der Waals surface area contributed by atoms with Crippen molar-refractivity contribution in [3.05, 3.63) is 17.9 Å². The van der Waals surface area contributed by atoms with Crippen LogP contribution in [0, 0.1) is 0 Å². The van der Waals surface area contributed by atoms with E-state index in [1.54, 1.807) is 6.92 Å². The fourth-order valence-electron chi connectivity index (χ4n) is 2.43. The third-order valence-corrected chi connectivity index (χ3v) is 7.88. The van der Waals surface area contributed by atoms with Crippen LogP contribution in [0.4, 0.5) is 0 Å². The minimum Gasteiger partial charge on any atom is -0.463 e. The molecule has 3 heteroatoms. The van der Waals surface area contributed by atoms with Crippen LogP contribution in [0.3, 0.4) is 0 Å². The summed E-state index contributed by atoms with van der Waals surface area (Å²) in [5.41, 5.74) is 0. The average Bonchev–Trinajstić information content (AvgIpc) is 2.68. The van der Waals surface area contributed by atoms with Crippen LogP contribution in [-0.2, 0) is 0 Å². The molecule has 1 aliphatic rings. The van der Waals surface area contributed by atoms with E-state index in [1.165, 1.54) is 31.4 Å². The second-order valence-electron chi connectivity index (χ2n) is 4.84. The van der Waals surface area contributed by atoms with Gasteiger partial charge in [0.2, 0.25) is 0 Å². The minimum absolute atomic E-state index is 0.0367. The fourth-order valence-corrected chi connectivity index (χ4v) is 6.08. The number of carbonyl (C=O) groups is 1. The molecule has 82 valence electrons. The lowest BCUT2D eigenvalue weighted by atomic mass is 10.3. The average molecular weight is 222 g/mol. The molecule has 0 radical (unpaired) electrons. The largest absolute Gasteiger partial charge is 0.463 e. The lowest BCUT2D eigenvalue weighted by molar-refractivity contribution is 0.0988. The van der Waals surface area contributed by atoms with E-state index in [0.717, 1.165) is 5.38 Å². The van der Waals surface area contributed by atoms with Crippen molar-refractivity contribution < 1.29 is 9.21 Å². The van der Waals surface area contributed by atoms with Gasteiger partial charge in [-0.3, -0.25) is 4.79 Å². The second-order valence-corrected chi connectivity index (χ2v) is 9.46. The van der Waals surface area contributed by atoms with Gasteiger partial charge in [-0.2, -0.15) is 0 Å². The van der Waals surface area contributed by atoms with E-state index in [0.29, 0.717) is 5.76 Å². The van der Waals surface area contributed by atoms with Gasteiger partial charge in [-0.25, -0.2) is 0 Å². The zero-order valence-corrected chi connectivity index (χ0v) is 10.5. The van der Waals surface area contributed by atoms with Gasteiger partial charge in [-0.05, 0) is 12.1 Å². The lowest BCUT2D eigenvalue weighted by Gasteiger charge is -2.28. The van der Waals surface area contributed by atoms with Crippen molar-refractivity contribution in [2.45, 2.75) is 44.8 Å². The van der Waals surface area contributed by atoms with E-state index >= 15 is 0 Å². The van der Waals surface area contributed by atoms with Crippen molar-refractivity contribution >= 4 is 19.2 Å². The molecule has 0 N–H and O–H groups in total. The van der Waals surface area contributed by atoms with E-state index in [9.17, 15) is 4.79 Å². The summed E-state index contributed by atoms with van der Waals surface area (Å²) >= 11 is 0. The molecular weight excluding hydrogens is 204 g/mol. The Morgan fingerprint density at radius 3 is 2.47 bits per heavy atom. The van der Waals surface area contributed by atoms with Gasteiger partial charge in [0, 0.05) is 6.92 Å². The zero-order chi connectivity index (χ0) is 10.9. The molecule has 0 bridgehead atoms. The van der Waals surface area contributed by atoms with Gasteiger partial charge in [0.1, 0.15) is 8.07 Å². The molecule has 1 aliphatic heterocycles. The van der Waals surface area contributed by atoms with Crippen molar-refractivity contribution in [2.24, 2.45) is 0 Å². The number of hydrogen-bond acceptors (Lipinski definition) is 2. The minimum atomic E-state index is -1.36. The highest BCUT2D eigenvalue weighted by Crippen LogP contribution is 2.28. The monoisotopic (exact) mass is 222 g/mol. The summed E-state index contributed by atoms with van der Waals surface area (Å²) in [6.45, 7) is 3.95. The summed E-state index contributed by atoms with van der Waals surface area (Å²) in [6, 6.07) is 6.51. The normalized spacial score (nSPS) is 20.1. The summed E-state index contributed by atoms with van der Waals surface area (Å²) in [5.74, 6) is 0.568. The van der Waals surface area contributed by atoms with E-state index in [1.807, 2.05) is 12.1 Å². The molecule has 0 spiro atoms. The van der Waals surface area contributed by atoms with Gasteiger partial charge in [0.25, 0.3) is 0 Å². The Balaban J connectivity index is 2.23. The topological polar surface area (TPSA) is 30.2 Å². The number of rotatable bonds is 2. The molecule has 2 rings (SSSR count). The smallest absolute Gasteiger partial charge is 0.194 e. The molecule has 2 nitrogen and oxygen atoms in total. The molecule has 15 heavy (non-hydrogen) atoms. The highest BCUT2D eigenvalue weighted by molar-refractivity contribution is 6.90. The number of ketones is 1. The van der Waals surface area contributed by atoms with E-state index < -0.39 is 8.07 Å². The summed E-state index contributed by atoms with van der Waals surface area (Å²) in [4.78, 5) is 11.2. The summed E-state index contributed by atoms with van der Waals surface area (Å²) in [6.07, 6.45) is 4.03. The molecule has 1 fully saturated rings. The van der Waals surface area contributed by atoms with E-state index in [-0.39, 0.29) is 5.78 Å². The van der Waals surface area contributed by atoms with Crippen LogP contribution in [0.15, 0.2) is 16.5 Å². The van der Waals surface area contributed by atoms with Gasteiger partial charge in [0.15, 0.2) is 11.5 Å². The maximum absolute atomic E-state index is 11.2. The second kappa shape index (κ2) is 3.97. The Bertz CT molecular complexity index is 361. The first kappa shape index (κ1) is 10.7. The molecule has 2 heterocycles. The fraction of sp³-hybridized carbons (Fsp3) is 0.583. The van der Waals surface area contributed by atoms with E-state index in [2.05, 4.69) is 6.55 Å².